The summed E-state index contributed by atoms with van der Waals surface area (Å²) in [5, 5.41) is 11.7. The van der Waals surface area contributed by atoms with Gasteiger partial charge in [0.1, 0.15) is 5.75 Å². The molecule has 25 heavy (non-hydrogen) atoms. The fraction of sp³-hybridized carbons (Fsp3) is 0.882. The van der Waals surface area contributed by atoms with Crippen LogP contribution in [0.1, 0.15) is 65.2 Å². The number of hydrogen-bond acceptors (Lipinski definition) is 4. The summed E-state index contributed by atoms with van der Waals surface area (Å²) in [6.45, 7) is 4.13. The van der Waals surface area contributed by atoms with Crippen molar-refractivity contribution in [1.29, 1.82) is 0 Å². The molecule has 0 aromatic rings. The largest absolute Gasteiger partial charge is 0.481 e. The quantitative estimate of drug-likeness (QED) is 0.574. The molecule has 1 amide bonds. The van der Waals surface area contributed by atoms with Crippen LogP contribution in [0.4, 0.5) is 0 Å². The zero-order valence-corrected chi connectivity index (χ0v) is 16.2. The molecule has 0 radical (unpaired) electrons. The van der Waals surface area contributed by atoms with Crippen LogP contribution in [-0.4, -0.2) is 54.6 Å². The average Bonchev–Trinajstić information content (AvgIpc) is 2.53. The molecule has 1 unspecified atom stereocenters. The molecular formula is C17H32N2O5S. The molecule has 0 aromatic carbocycles. The van der Waals surface area contributed by atoms with Gasteiger partial charge in [0.05, 0.1) is 0 Å². The van der Waals surface area contributed by atoms with Crippen LogP contribution in [0.15, 0.2) is 0 Å². The summed E-state index contributed by atoms with van der Waals surface area (Å²) in [5.74, 6) is -1.55. The van der Waals surface area contributed by atoms with Crippen LogP contribution >= 0.6 is 0 Å². The Bertz CT molecular complexity index is 525. The van der Waals surface area contributed by atoms with Crippen molar-refractivity contribution in [1.82, 2.24) is 9.62 Å². The molecule has 1 fully saturated rings. The lowest BCUT2D eigenvalue weighted by atomic mass is 9.84. The molecule has 1 atom stereocenters. The van der Waals surface area contributed by atoms with Gasteiger partial charge in [0.15, 0.2) is 0 Å². The first-order valence-electron chi connectivity index (χ1n) is 9.27. The number of sulfonamides is 1. The molecular weight excluding hydrogens is 344 g/mol. The van der Waals surface area contributed by atoms with E-state index in [-0.39, 0.29) is 12.5 Å². The van der Waals surface area contributed by atoms with Crippen molar-refractivity contribution in [3.8, 4) is 0 Å². The maximum absolute atomic E-state index is 12.2. The van der Waals surface area contributed by atoms with Gasteiger partial charge in [-0.1, -0.05) is 46.0 Å². The number of carboxylic acids is 1. The molecule has 1 aliphatic carbocycles. The van der Waals surface area contributed by atoms with Gasteiger partial charge in [-0.05, 0) is 18.8 Å². The van der Waals surface area contributed by atoms with Crippen LogP contribution in [0, 0.1) is 5.92 Å². The first kappa shape index (κ1) is 21.9. The summed E-state index contributed by atoms with van der Waals surface area (Å²) < 4.78 is 25.7. The Hall–Kier alpha value is -1.15. The molecule has 1 rings (SSSR count). The van der Waals surface area contributed by atoms with Crippen LogP contribution in [0.2, 0.25) is 0 Å². The van der Waals surface area contributed by atoms with Crippen LogP contribution in [-0.2, 0) is 19.6 Å². The second kappa shape index (κ2) is 10.8. The van der Waals surface area contributed by atoms with E-state index in [1.807, 2.05) is 0 Å². The molecule has 7 nitrogen and oxygen atoms in total. The maximum atomic E-state index is 12.2. The summed E-state index contributed by atoms with van der Waals surface area (Å²) >= 11 is 0. The zero-order valence-electron chi connectivity index (χ0n) is 15.4. The van der Waals surface area contributed by atoms with Crippen molar-refractivity contribution >= 4 is 21.9 Å². The topological polar surface area (TPSA) is 104 Å². The normalized spacial score (nSPS) is 17.4. The van der Waals surface area contributed by atoms with Crippen LogP contribution in [0.5, 0.6) is 0 Å². The molecule has 1 aliphatic rings. The smallest absolute Gasteiger partial charge is 0.303 e. The molecule has 0 aromatic heterocycles. The van der Waals surface area contributed by atoms with E-state index in [1.54, 1.807) is 13.8 Å². The number of carbonyl (C=O) groups is 2. The monoisotopic (exact) mass is 376 g/mol. The van der Waals surface area contributed by atoms with Gasteiger partial charge in [0.2, 0.25) is 15.9 Å². The summed E-state index contributed by atoms with van der Waals surface area (Å²) in [6.07, 6.45) is 6.79. The van der Waals surface area contributed by atoms with Crippen molar-refractivity contribution in [3.05, 3.63) is 0 Å². The molecule has 2 N–H and O–H groups in total. The molecule has 0 saturated heterocycles. The number of nitrogens with one attached hydrogen (secondary N) is 1. The SMILES string of the molecule is CCN(CC)S(=O)(=O)CC(=O)NC(CCC(=O)O)CC1CCCCC1. The minimum absolute atomic E-state index is 0.0273. The highest BCUT2D eigenvalue weighted by Gasteiger charge is 2.26. The Morgan fingerprint density at radius 2 is 1.76 bits per heavy atom. The van der Waals surface area contributed by atoms with E-state index in [9.17, 15) is 18.0 Å². The number of rotatable bonds is 11. The van der Waals surface area contributed by atoms with Gasteiger partial charge < -0.3 is 10.4 Å². The Labute approximate surface area is 151 Å². The fourth-order valence-corrected chi connectivity index (χ4v) is 4.90. The van der Waals surface area contributed by atoms with E-state index in [4.69, 9.17) is 5.11 Å². The number of hydrogen-bond donors (Lipinski definition) is 2. The Kier molecular flexibility index (Phi) is 9.42. The predicted molar refractivity (Wildman–Crippen MR) is 96.7 cm³/mol. The van der Waals surface area contributed by atoms with Crippen LogP contribution in [0.3, 0.4) is 0 Å². The highest BCUT2D eigenvalue weighted by Crippen LogP contribution is 2.28. The Morgan fingerprint density at radius 3 is 2.28 bits per heavy atom. The lowest BCUT2D eigenvalue weighted by molar-refractivity contribution is -0.137. The van der Waals surface area contributed by atoms with Gasteiger partial charge >= 0.3 is 5.97 Å². The molecule has 0 bridgehead atoms. The second-order valence-corrected chi connectivity index (χ2v) is 8.75. The Balaban J connectivity index is 2.64. The van der Waals surface area contributed by atoms with E-state index in [2.05, 4.69) is 5.32 Å². The lowest BCUT2D eigenvalue weighted by Gasteiger charge is -2.27. The summed E-state index contributed by atoms with van der Waals surface area (Å²) in [5.41, 5.74) is 0. The Morgan fingerprint density at radius 1 is 1.16 bits per heavy atom. The predicted octanol–water partition coefficient (Wildman–Crippen LogP) is 1.98. The highest BCUT2D eigenvalue weighted by atomic mass is 32.2. The summed E-state index contributed by atoms with van der Waals surface area (Å²) in [4.78, 5) is 23.1. The molecule has 8 heteroatoms. The number of carboxylic acid groups (broad SMARTS) is 1. The number of nitrogens with zero attached hydrogens (tertiary/aromatic N) is 1. The van der Waals surface area contributed by atoms with Gasteiger partial charge in [0.25, 0.3) is 0 Å². The van der Waals surface area contributed by atoms with E-state index < -0.39 is 27.7 Å². The first-order valence-corrected chi connectivity index (χ1v) is 10.9. The van der Waals surface area contributed by atoms with Crippen LogP contribution in [0.25, 0.3) is 0 Å². The molecule has 1 saturated carbocycles. The van der Waals surface area contributed by atoms with Crippen molar-refractivity contribution in [2.45, 2.75) is 71.3 Å². The third-order valence-electron chi connectivity index (χ3n) is 4.83. The van der Waals surface area contributed by atoms with E-state index in [0.29, 0.717) is 25.4 Å². The fourth-order valence-electron chi connectivity index (χ4n) is 3.52. The molecule has 0 aliphatic heterocycles. The number of aliphatic carboxylic acids is 1. The molecule has 0 spiro atoms. The maximum Gasteiger partial charge on any atom is 0.303 e. The van der Waals surface area contributed by atoms with E-state index in [1.165, 1.54) is 23.6 Å². The van der Waals surface area contributed by atoms with Crippen molar-refractivity contribution in [2.24, 2.45) is 5.92 Å². The van der Waals surface area contributed by atoms with E-state index >= 15 is 0 Å². The van der Waals surface area contributed by atoms with Gasteiger partial charge in [0, 0.05) is 25.6 Å². The third-order valence-corrected chi connectivity index (χ3v) is 6.76. The standard InChI is InChI=1S/C17H32N2O5S/c1-3-19(4-2)25(23,24)13-16(20)18-15(10-11-17(21)22)12-14-8-6-5-7-9-14/h14-15H,3-13H2,1-2H3,(H,18,20)(H,21,22). The number of carbonyl (C=O) groups excluding carboxylic acids is 1. The molecule has 0 heterocycles. The van der Waals surface area contributed by atoms with Crippen molar-refractivity contribution < 1.29 is 23.1 Å². The van der Waals surface area contributed by atoms with Crippen molar-refractivity contribution in [3.63, 3.8) is 0 Å². The summed E-state index contributed by atoms with van der Waals surface area (Å²) in [7, 11) is -3.63. The third kappa shape index (κ3) is 8.18. The highest BCUT2D eigenvalue weighted by molar-refractivity contribution is 7.89. The second-order valence-electron chi connectivity index (χ2n) is 6.78. The van der Waals surface area contributed by atoms with Gasteiger partial charge in [-0.3, -0.25) is 9.59 Å². The molecule has 146 valence electrons. The number of amides is 1. The average molecular weight is 377 g/mol. The summed E-state index contributed by atoms with van der Waals surface area (Å²) in [6, 6.07) is -0.279. The zero-order chi connectivity index (χ0) is 18.9. The van der Waals surface area contributed by atoms with Crippen molar-refractivity contribution in [2.75, 3.05) is 18.8 Å². The first-order chi connectivity index (χ1) is 11.8. The van der Waals surface area contributed by atoms with E-state index in [0.717, 1.165) is 19.3 Å². The van der Waals surface area contributed by atoms with Gasteiger partial charge in [-0.25, -0.2) is 12.7 Å². The lowest BCUT2D eigenvalue weighted by Crippen LogP contribution is -2.43. The van der Waals surface area contributed by atoms with Crippen LogP contribution < -0.4 is 5.32 Å². The minimum atomic E-state index is -3.63. The van der Waals surface area contributed by atoms with Gasteiger partial charge in [-0.2, -0.15) is 0 Å². The minimum Gasteiger partial charge on any atom is -0.481 e. The van der Waals surface area contributed by atoms with Gasteiger partial charge in [-0.15, -0.1) is 0 Å².